The number of fused-ring (bicyclic) bond motifs is 1. The molecule has 0 unspecified atom stereocenters. The van der Waals surface area contributed by atoms with Crippen LogP contribution in [0.15, 0.2) is 36.5 Å². The molecule has 0 spiro atoms. The molecule has 1 aliphatic rings. The lowest BCUT2D eigenvalue weighted by molar-refractivity contribution is 0.171. The van der Waals surface area contributed by atoms with Gasteiger partial charge in [0.05, 0.1) is 6.20 Å². The number of nitrogens with zero attached hydrogens (tertiary/aromatic N) is 3. The summed E-state index contributed by atoms with van der Waals surface area (Å²) >= 11 is 0. The van der Waals surface area contributed by atoms with Crippen LogP contribution in [0.1, 0.15) is 16.7 Å². The Bertz CT molecular complexity index is 967. The number of hydrogen-bond donors (Lipinski definition) is 2. The molecule has 1 aromatic heterocycles. The Morgan fingerprint density at radius 1 is 0.889 bits per heavy atom. The Hall–Kier alpha value is -3.35. The summed E-state index contributed by atoms with van der Waals surface area (Å²) in [6.07, 6.45) is 1.60. The fraction of sp³-hybridized carbons (Fsp3) is 0.250. The Balaban J connectivity index is 1.55. The van der Waals surface area contributed by atoms with E-state index in [1.54, 1.807) is 6.20 Å². The molecule has 3 aromatic rings. The normalized spacial score (nSPS) is 12.6. The van der Waals surface area contributed by atoms with Crippen molar-refractivity contribution >= 4 is 23.1 Å². The summed E-state index contributed by atoms with van der Waals surface area (Å²) in [5.41, 5.74) is 5.39. The minimum absolute atomic E-state index is 0.402. The molecule has 0 fully saturated rings. The molecule has 0 saturated carbocycles. The summed E-state index contributed by atoms with van der Waals surface area (Å²) in [7, 11) is 0. The van der Waals surface area contributed by atoms with Crippen molar-refractivity contribution in [1.29, 1.82) is 0 Å². The third-order valence-electron chi connectivity index (χ3n) is 4.29. The number of ether oxygens (including phenoxy) is 2. The zero-order valence-corrected chi connectivity index (χ0v) is 15.5. The van der Waals surface area contributed by atoms with Gasteiger partial charge in [-0.1, -0.05) is 17.7 Å². The molecule has 2 heterocycles. The Morgan fingerprint density at radius 3 is 2.41 bits per heavy atom. The topological polar surface area (TPSA) is 81.2 Å². The number of rotatable bonds is 4. The van der Waals surface area contributed by atoms with Crippen LogP contribution in [0.3, 0.4) is 0 Å². The number of anilines is 4. The first-order valence-corrected chi connectivity index (χ1v) is 8.80. The molecule has 0 aliphatic carbocycles. The molecule has 2 aromatic carbocycles. The van der Waals surface area contributed by atoms with E-state index in [1.807, 2.05) is 18.2 Å². The number of hydrogen-bond acceptors (Lipinski definition) is 7. The summed E-state index contributed by atoms with van der Waals surface area (Å²) in [6.45, 7) is 7.35. The van der Waals surface area contributed by atoms with Gasteiger partial charge in [0.2, 0.25) is 5.95 Å². The number of nitrogens with one attached hydrogen (secondary N) is 2. The molecule has 27 heavy (non-hydrogen) atoms. The molecule has 0 bridgehead atoms. The standard InChI is InChI=1S/C20H21N5O2/c1-12-8-13(2)19(14(3)9-12)23-18-11-21-25-20(24-18)22-15-4-5-16-17(10-15)27-7-6-26-16/h4-5,8-11H,6-7H2,1-3H3,(H2,22,23,24,25). The number of benzene rings is 2. The van der Waals surface area contributed by atoms with Gasteiger partial charge in [0.25, 0.3) is 0 Å². The number of aryl methyl sites for hydroxylation is 3. The molecular formula is C20H21N5O2. The molecule has 4 rings (SSSR count). The average molecular weight is 363 g/mol. The minimum Gasteiger partial charge on any atom is -0.486 e. The molecule has 0 atom stereocenters. The van der Waals surface area contributed by atoms with Crippen molar-refractivity contribution in [3.05, 3.63) is 53.2 Å². The number of aromatic nitrogens is 3. The zero-order valence-electron chi connectivity index (χ0n) is 15.5. The van der Waals surface area contributed by atoms with Gasteiger partial charge in [-0.3, -0.25) is 0 Å². The van der Waals surface area contributed by atoms with E-state index in [2.05, 4.69) is 58.7 Å². The van der Waals surface area contributed by atoms with Crippen LogP contribution in [0.2, 0.25) is 0 Å². The van der Waals surface area contributed by atoms with Crippen LogP contribution in [0, 0.1) is 20.8 Å². The molecule has 7 nitrogen and oxygen atoms in total. The second-order valence-corrected chi connectivity index (χ2v) is 6.55. The summed E-state index contributed by atoms with van der Waals surface area (Å²) in [6, 6.07) is 9.90. The first kappa shape index (κ1) is 17.1. The lowest BCUT2D eigenvalue weighted by atomic mass is 10.1. The largest absolute Gasteiger partial charge is 0.486 e. The van der Waals surface area contributed by atoms with Crippen LogP contribution >= 0.6 is 0 Å². The zero-order chi connectivity index (χ0) is 18.8. The molecule has 1 aliphatic heterocycles. The molecule has 7 heteroatoms. The van der Waals surface area contributed by atoms with Crippen molar-refractivity contribution < 1.29 is 9.47 Å². The van der Waals surface area contributed by atoms with Crippen molar-refractivity contribution in [1.82, 2.24) is 15.2 Å². The van der Waals surface area contributed by atoms with Gasteiger partial charge in [0.15, 0.2) is 17.3 Å². The third kappa shape index (κ3) is 3.76. The Morgan fingerprint density at radius 2 is 1.63 bits per heavy atom. The van der Waals surface area contributed by atoms with Gasteiger partial charge >= 0.3 is 0 Å². The van der Waals surface area contributed by atoms with Crippen LogP contribution in [0.5, 0.6) is 11.5 Å². The second-order valence-electron chi connectivity index (χ2n) is 6.55. The third-order valence-corrected chi connectivity index (χ3v) is 4.29. The van der Waals surface area contributed by atoms with Gasteiger partial charge in [-0.15, -0.1) is 5.10 Å². The van der Waals surface area contributed by atoms with Gasteiger partial charge in [-0.25, -0.2) is 0 Å². The molecule has 0 saturated heterocycles. The fourth-order valence-corrected chi connectivity index (χ4v) is 3.17. The van der Waals surface area contributed by atoms with E-state index in [9.17, 15) is 0 Å². The van der Waals surface area contributed by atoms with Gasteiger partial charge in [0.1, 0.15) is 13.2 Å². The highest BCUT2D eigenvalue weighted by Gasteiger charge is 2.12. The summed E-state index contributed by atoms with van der Waals surface area (Å²) in [5, 5.41) is 14.6. The highest BCUT2D eigenvalue weighted by atomic mass is 16.6. The molecule has 2 N–H and O–H groups in total. The highest BCUT2D eigenvalue weighted by molar-refractivity contribution is 5.66. The second kappa shape index (κ2) is 7.11. The van der Waals surface area contributed by atoms with Crippen LogP contribution < -0.4 is 20.1 Å². The summed E-state index contributed by atoms with van der Waals surface area (Å²) < 4.78 is 11.1. The maximum Gasteiger partial charge on any atom is 0.249 e. The Labute approximate surface area is 157 Å². The summed E-state index contributed by atoms with van der Waals surface area (Å²) in [5.74, 6) is 2.48. The van der Waals surface area contributed by atoms with Crippen LogP contribution in [-0.4, -0.2) is 28.4 Å². The van der Waals surface area contributed by atoms with E-state index < -0.39 is 0 Å². The van der Waals surface area contributed by atoms with Crippen LogP contribution in [0.25, 0.3) is 0 Å². The highest BCUT2D eigenvalue weighted by Crippen LogP contribution is 2.33. The monoisotopic (exact) mass is 363 g/mol. The van der Waals surface area contributed by atoms with Crippen molar-refractivity contribution in [3.63, 3.8) is 0 Å². The predicted molar refractivity (Wildman–Crippen MR) is 104 cm³/mol. The van der Waals surface area contributed by atoms with Gasteiger partial charge in [-0.2, -0.15) is 10.1 Å². The quantitative estimate of drug-likeness (QED) is 0.723. The van der Waals surface area contributed by atoms with Crippen LogP contribution in [-0.2, 0) is 0 Å². The Kier molecular flexibility index (Phi) is 4.50. The molecule has 0 amide bonds. The SMILES string of the molecule is Cc1cc(C)c(Nc2cnnc(Nc3ccc4c(c3)OCCO4)n2)c(C)c1. The fourth-order valence-electron chi connectivity index (χ4n) is 3.17. The first-order chi connectivity index (χ1) is 13.1. The molecule has 138 valence electrons. The van der Waals surface area contributed by atoms with Crippen LogP contribution in [0.4, 0.5) is 23.1 Å². The maximum absolute atomic E-state index is 5.61. The summed E-state index contributed by atoms with van der Waals surface area (Å²) in [4.78, 5) is 4.51. The van der Waals surface area contributed by atoms with Crippen molar-refractivity contribution in [2.45, 2.75) is 20.8 Å². The smallest absolute Gasteiger partial charge is 0.249 e. The lowest BCUT2D eigenvalue weighted by Crippen LogP contribution is -2.15. The van der Waals surface area contributed by atoms with E-state index in [0.717, 1.165) is 28.3 Å². The maximum atomic E-state index is 5.61. The van der Waals surface area contributed by atoms with E-state index in [1.165, 1.54) is 5.56 Å². The van der Waals surface area contributed by atoms with Crippen molar-refractivity contribution in [2.75, 3.05) is 23.8 Å². The van der Waals surface area contributed by atoms with Crippen molar-refractivity contribution in [2.24, 2.45) is 0 Å². The lowest BCUT2D eigenvalue weighted by Gasteiger charge is -2.19. The predicted octanol–water partition coefficient (Wildman–Crippen LogP) is 4.06. The van der Waals surface area contributed by atoms with Gasteiger partial charge < -0.3 is 20.1 Å². The minimum atomic E-state index is 0.402. The van der Waals surface area contributed by atoms with Gasteiger partial charge in [-0.05, 0) is 44.0 Å². The van der Waals surface area contributed by atoms with E-state index in [-0.39, 0.29) is 0 Å². The molecular weight excluding hydrogens is 342 g/mol. The first-order valence-electron chi connectivity index (χ1n) is 8.80. The average Bonchev–Trinajstić information content (AvgIpc) is 2.65. The molecule has 0 radical (unpaired) electrons. The van der Waals surface area contributed by atoms with E-state index in [4.69, 9.17) is 9.47 Å². The van der Waals surface area contributed by atoms with Crippen molar-refractivity contribution in [3.8, 4) is 11.5 Å². The van der Waals surface area contributed by atoms with E-state index >= 15 is 0 Å². The van der Waals surface area contributed by atoms with E-state index in [0.29, 0.717) is 30.7 Å². The van der Waals surface area contributed by atoms with Gasteiger partial charge in [0, 0.05) is 17.4 Å².